The van der Waals surface area contributed by atoms with Crippen molar-refractivity contribution in [1.82, 2.24) is 10.2 Å². The molecule has 0 aromatic heterocycles. The Morgan fingerprint density at radius 1 is 1.38 bits per heavy atom. The molecule has 0 aromatic carbocycles. The van der Waals surface area contributed by atoms with Crippen LogP contribution in [0.25, 0.3) is 0 Å². The molecule has 0 bridgehead atoms. The highest BCUT2D eigenvalue weighted by molar-refractivity contribution is 5.91. The van der Waals surface area contributed by atoms with E-state index in [1.54, 1.807) is 0 Å². The minimum atomic E-state index is -0.743. The van der Waals surface area contributed by atoms with Gasteiger partial charge in [-0.25, -0.2) is 0 Å². The molecule has 4 atom stereocenters. The number of hydrogen-bond acceptors (Lipinski definition) is 5. The minimum Gasteiger partial charge on any atom is -0.370 e. The molecule has 0 unspecified atom stereocenters. The number of nitrogens with two attached hydrogens (primary N) is 3. The summed E-state index contributed by atoms with van der Waals surface area (Å²) in [6.07, 6.45) is 3.86. The lowest BCUT2D eigenvalue weighted by molar-refractivity contribution is -0.139. The maximum absolute atomic E-state index is 12.9. The van der Waals surface area contributed by atoms with Crippen molar-refractivity contribution in [3.05, 3.63) is 0 Å². The molecule has 26 heavy (non-hydrogen) atoms. The average molecular weight is 368 g/mol. The monoisotopic (exact) mass is 368 g/mol. The molecule has 148 valence electrons. The molecule has 9 heteroatoms. The number of guanidine groups is 1. The lowest BCUT2D eigenvalue weighted by atomic mass is 9.98. The Hall–Kier alpha value is -2.16. The summed E-state index contributed by atoms with van der Waals surface area (Å²) >= 11 is 0. The van der Waals surface area contributed by atoms with Crippen molar-refractivity contribution in [1.29, 1.82) is 0 Å². The van der Waals surface area contributed by atoms with Gasteiger partial charge in [-0.15, -0.1) is 0 Å². The van der Waals surface area contributed by atoms with Gasteiger partial charge in [-0.05, 0) is 31.6 Å². The molecule has 1 rings (SSSR count). The summed E-state index contributed by atoms with van der Waals surface area (Å²) in [6.45, 7) is 4.72. The minimum absolute atomic E-state index is 0.00176. The lowest BCUT2D eigenvalue weighted by Gasteiger charge is -2.28. The number of aldehydes is 1. The first-order valence-corrected chi connectivity index (χ1v) is 9.18. The van der Waals surface area contributed by atoms with E-state index in [1.165, 1.54) is 4.90 Å². The molecule has 1 fully saturated rings. The van der Waals surface area contributed by atoms with Crippen LogP contribution < -0.4 is 22.5 Å². The van der Waals surface area contributed by atoms with Crippen LogP contribution in [-0.4, -0.2) is 60.2 Å². The summed E-state index contributed by atoms with van der Waals surface area (Å²) in [4.78, 5) is 41.9. The molecule has 9 nitrogen and oxygen atoms in total. The van der Waals surface area contributed by atoms with Gasteiger partial charge in [-0.3, -0.25) is 14.6 Å². The number of aliphatic imine (C=N–C) groups is 1. The van der Waals surface area contributed by atoms with E-state index in [0.29, 0.717) is 32.4 Å². The van der Waals surface area contributed by atoms with E-state index < -0.39 is 18.1 Å². The summed E-state index contributed by atoms with van der Waals surface area (Å²) in [7, 11) is 0. The fourth-order valence-electron chi connectivity index (χ4n) is 2.95. The predicted octanol–water partition coefficient (Wildman–Crippen LogP) is -0.912. The summed E-state index contributed by atoms with van der Waals surface area (Å²) in [5.41, 5.74) is 16.6. The zero-order valence-electron chi connectivity index (χ0n) is 15.7. The van der Waals surface area contributed by atoms with E-state index >= 15 is 0 Å². The van der Waals surface area contributed by atoms with Crippen LogP contribution in [-0.2, 0) is 14.4 Å². The zero-order chi connectivity index (χ0) is 19.7. The van der Waals surface area contributed by atoms with Crippen molar-refractivity contribution in [2.24, 2.45) is 28.1 Å². The largest absolute Gasteiger partial charge is 0.370 e. The van der Waals surface area contributed by atoms with Crippen LogP contribution in [0.1, 0.15) is 46.0 Å². The Morgan fingerprint density at radius 2 is 2.08 bits per heavy atom. The molecule has 1 aliphatic rings. The fourth-order valence-corrected chi connectivity index (χ4v) is 2.95. The van der Waals surface area contributed by atoms with Crippen LogP contribution in [0.3, 0.4) is 0 Å². The van der Waals surface area contributed by atoms with Gasteiger partial charge >= 0.3 is 0 Å². The Bertz CT molecular complexity index is 521. The van der Waals surface area contributed by atoms with Gasteiger partial charge in [-0.1, -0.05) is 20.3 Å². The summed E-state index contributed by atoms with van der Waals surface area (Å²) in [5, 5.41) is 2.76. The van der Waals surface area contributed by atoms with Crippen LogP contribution in [0.4, 0.5) is 0 Å². The smallest absolute Gasteiger partial charge is 0.245 e. The normalized spacial score (nSPS) is 20.1. The number of carbonyl (C=O) groups is 3. The highest BCUT2D eigenvalue weighted by Gasteiger charge is 2.34. The number of carbonyl (C=O) groups excluding carboxylic acids is 3. The van der Waals surface area contributed by atoms with Crippen molar-refractivity contribution in [3.8, 4) is 0 Å². The SMILES string of the molecule is CC[C@H](C)[C@H](N)C(=O)N[C@@H](CCCN=C(N)N)C(=O)N1CCC[C@H]1C=O. The summed E-state index contributed by atoms with van der Waals surface area (Å²) in [6, 6.07) is -1.86. The topological polar surface area (TPSA) is 157 Å². The molecule has 0 saturated carbocycles. The molecule has 0 aliphatic carbocycles. The van der Waals surface area contributed by atoms with E-state index in [0.717, 1.165) is 19.1 Å². The molecule has 0 spiro atoms. The van der Waals surface area contributed by atoms with E-state index in [9.17, 15) is 14.4 Å². The van der Waals surface area contributed by atoms with E-state index in [4.69, 9.17) is 17.2 Å². The Balaban J connectivity index is 2.80. The zero-order valence-corrected chi connectivity index (χ0v) is 15.7. The molecular formula is C17H32N6O3. The molecule has 1 saturated heterocycles. The number of nitrogens with zero attached hydrogens (tertiary/aromatic N) is 2. The Kier molecular flexibility index (Phi) is 9.04. The number of nitrogens with one attached hydrogen (secondary N) is 1. The van der Waals surface area contributed by atoms with Crippen molar-refractivity contribution >= 4 is 24.1 Å². The molecule has 0 radical (unpaired) electrons. The average Bonchev–Trinajstić information content (AvgIpc) is 3.10. The molecule has 2 amide bonds. The van der Waals surface area contributed by atoms with Crippen molar-refractivity contribution in [2.75, 3.05) is 13.1 Å². The molecular weight excluding hydrogens is 336 g/mol. The number of rotatable bonds is 10. The van der Waals surface area contributed by atoms with Crippen molar-refractivity contribution in [3.63, 3.8) is 0 Å². The van der Waals surface area contributed by atoms with Crippen molar-refractivity contribution < 1.29 is 14.4 Å². The summed E-state index contributed by atoms with van der Waals surface area (Å²) in [5.74, 6) is -0.631. The van der Waals surface area contributed by atoms with E-state index in [-0.39, 0.29) is 23.7 Å². The second-order valence-electron chi connectivity index (χ2n) is 6.80. The summed E-state index contributed by atoms with van der Waals surface area (Å²) < 4.78 is 0. The highest BCUT2D eigenvalue weighted by Crippen LogP contribution is 2.18. The number of likely N-dealkylation sites (tertiary alicyclic amines) is 1. The third kappa shape index (κ3) is 6.29. The predicted molar refractivity (Wildman–Crippen MR) is 100 cm³/mol. The number of hydrogen-bond donors (Lipinski definition) is 4. The first kappa shape index (κ1) is 21.9. The highest BCUT2D eigenvalue weighted by atomic mass is 16.2. The van der Waals surface area contributed by atoms with E-state index in [1.807, 2.05) is 13.8 Å². The number of amides is 2. The van der Waals surface area contributed by atoms with Gasteiger partial charge in [-0.2, -0.15) is 0 Å². The van der Waals surface area contributed by atoms with Gasteiger partial charge in [0.2, 0.25) is 11.8 Å². The first-order chi connectivity index (χ1) is 12.3. The van der Waals surface area contributed by atoms with Gasteiger partial charge < -0.3 is 32.2 Å². The standard InChI is InChI=1S/C17H32N6O3/c1-3-11(2)14(18)15(25)22-13(7-4-8-21-17(19)20)16(26)23-9-5-6-12(23)10-24/h10-14H,3-9,18H2,1-2H3,(H,22,25)(H4,19,20,21)/t11-,12-,13-,14-/m0/s1. The van der Waals surface area contributed by atoms with Gasteiger partial charge in [0, 0.05) is 13.1 Å². The van der Waals surface area contributed by atoms with Crippen LogP contribution in [0, 0.1) is 5.92 Å². The molecule has 0 aromatic rings. The third-order valence-electron chi connectivity index (χ3n) is 4.86. The third-order valence-corrected chi connectivity index (χ3v) is 4.86. The van der Waals surface area contributed by atoms with Crippen LogP contribution in [0.2, 0.25) is 0 Å². The van der Waals surface area contributed by atoms with Gasteiger partial charge in [0.25, 0.3) is 0 Å². The van der Waals surface area contributed by atoms with E-state index in [2.05, 4.69) is 10.3 Å². The van der Waals surface area contributed by atoms with Crippen LogP contribution in [0.5, 0.6) is 0 Å². The maximum atomic E-state index is 12.9. The molecule has 1 heterocycles. The van der Waals surface area contributed by atoms with Crippen LogP contribution in [0.15, 0.2) is 4.99 Å². The van der Waals surface area contributed by atoms with Gasteiger partial charge in [0.15, 0.2) is 5.96 Å². The molecule has 7 N–H and O–H groups in total. The van der Waals surface area contributed by atoms with Gasteiger partial charge in [0.05, 0.1) is 12.1 Å². The second kappa shape index (κ2) is 10.7. The van der Waals surface area contributed by atoms with Crippen molar-refractivity contribution in [2.45, 2.75) is 64.1 Å². The quantitative estimate of drug-likeness (QED) is 0.169. The Morgan fingerprint density at radius 3 is 2.65 bits per heavy atom. The first-order valence-electron chi connectivity index (χ1n) is 9.18. The molecule has 1 aliphatic heterocycles. The van der Waals surface area contributed by atoms with Gasteiger partial charge in [0.1, 0.15) is 12.3 Å². The Labute approximate surface area is 154 Å². The lowest BCUT2D eigenvalue weighted by Crippen LogP contribution is -2.54. The second-order valence-corrected chi connectivity index (χ2v) is 6.80. The maximum Gasteiger partial charge on any atom is 0.245 e. The van der Waals surface area contributed by atoms with Crippen LogP contribution >= 0.6 is 0 Å². The fraction of sp³-hybridized carbons (Fsp3) is 0.765.